The van der Waals surface area contributed by atoms with Crippen LogP contribution in [0.3, 0.4) is 0 Å². The van der Waals surface area contributed by atoms with Crippen molar-refractivity contribution in [2.45, 2.75) is 24.8 Å². The van der Waals surface area contributed by atoms with Gasteiger partial charge in [0.25, 0.3) is 21.8 Å². The van der Waals surface area contributed by atoms with Crippen molar-refractivity contribution in [3.63, 3.8) is 0 Å². The third-order valence-electron chi connectivity index (χ3n) is 6.17. The predicted octanol–water partition coefficient (Wildman–Crippen LogP) is 3.15. The van der Waals surface area contributed by atoms with Gasteiger partial charge in [-0.15, -0.1) is 11.3 Å². The second-order valence-electron chi connectivity index (χ2n) is 8.68. The number of fused-ring (bicyclic) bond motifs is 1. The Bertz CT molecular complexity index is 1550. The molecule has 210 valence electrons. The minimum absolute atomic E-state index is 0.0115. The standard InChI is InChI=1S/C26H27N5O7S2/c1-3-38-26(35)31-14-13-19-20(15-31)39-24(21(19)23(33)29-25(27)34)28-22(32)16-9-11-18(12-10-16)40(36,37)30(2)17-7-5-4-6-8-17/h4-12H,3,13-15H2,1-2H3,(H,28,32)(H3,27,29,33,34). The minimum atomic E-state index is -3.88. The van der Waals surface area contributed by atoms with Gasteiger partial charge >= 0.3 is 12.1 Å². The van der Waals surface area contributed by atoms with E-state index < -0.39 is 34.0 Å². The van der Waals surface area contributed by atoms with E-state index >= 15 is 0 Å². The average Bonchev–Trinajstić information content (AvgIpc) is 3.30. The molecule has 0 radical (unpaired) electrons. The Morgan fingerprint density at radius 1 is 1.05 bits per heavy atom. The maximum atomic E-state index is 13.1. The Labute approximate surface area is 234 Å². The van der Waals surface area contributed by atoms with Crippen molar-refractivity contribution >= 4 is 56.0 Å². The number of carbonyl (C=O) groups excluding carboxylic acids is 4. The highest BCUT2D eigenvalue weighted by molar-refractivity contribution is 7.92. The Morgan fingerprint density at radius 3 is 2.35 bits per heavy atom. The molecule has 1 aliphatic heterocycles. The summed E-state index contributed by atoms with van der Waals surface area (Å²) in [7, 11) is -2.44. The van der Waals surface area contributed by atoms with Crippen LogP contribution < -0.4 is 20.7 Å². The van der Waals surface area contributed by atoms with Gasteiger partial charge in [-0.05, 0) is 55.3 Å². The molecule has 12 nitrogen and oxygen atoms in total. The third kappa shape index (κ3) is 5.92. The first-order valence-corrected chi connectivity index (χ1v) is 14.4. The average molecular weight is 586 g/mol. The lowest BCUT2D eigenvalue weighted by atomic mass is 10.0. The molecule has 5 amide bonds. The van der Waals surface area contributed by atoms with Crippen molar-refractivity contribution in [1.29, 1.82) is 0 Å². The van der Waals surface area contributed by atoms with Gasteiger partial charge in [0.15, 0.2) is 0 Å². The Kier molecular flexibility index (Phi) is 8.40. The van der Waals surface area contributed by atoms with E-state index in [0.717, 1.165) is 15.6 Å². The molecule has 14 heteroatoms. The number of nitrogens with zero attached hydrogens (tertiary/aromatic N) is 2. The number of hydrogen-bond acceptors (Lipinski definition) is 8. The normalized spacial score (nSPS) is 12.7. The molecule has 0 saturated heterocycles. The molecule has 0 atom stereocenters. The van der Waals surface area contributed by atoms with Crippen molar-refractivity contribution < 1.29 is 32.3 Å². The quantitative estimate of drug-likeness (QED) is 0.383. The summed E-state index contributed by atoms with van der Waals surface area (Å²) in [5.41, 5.74) is 6.44. The molecule has 0 saturated carbocycles. The van der Waals surface area contributed by atoms with Crippen LogP contribution in [0.2, 0.25) is 0 Å². The van der Waals surface area contributed by atoms with Crippen molar-refractivity contribution in [1.82, 2.24) is 10.2 Å². The van der Waals surface area contributed by atoms with Gasteiger partial charge < -0.3 is 20.7 Å². The minimum Gasteiger partial charge on any atom is -0.450 e. The van der Waals surface area contributed by atoms with E-state index in [1.54, 1.807) is 37.3 Å². The zero-order chi connectivity index (χ0) is 29.0. The summed E-state index contributed by atoms with van der Waals surface area (Å²) < 4.78 is 32.3. The molecular formula is C26H27N5O7S2. The van der Waals surface area contributed by atoms with Crippen LogP contribution in [0, 0.1) is 0 Å². The number of sulfonamides is 1. The van der Waals surface area contributed by atoms with E-state index in [1.807, 2.05) is 5.32 Å². The first kappa shape index (κ1) is 28.6. The number of thiophene rings is 1. The van der Waals surface area contributed by atoms with Crippen LogP contribution in [0.5, 0.6) is 0 Å². The zero-order valence-electron chi connectivity index (χ0n) is 21.7. The van der Waals surface area contributed by atoms with Crippen LogP contribution in [0.15, 0.2) is 59.5 Å². The lowest BCUT2D eigenvalue weighted by molar-refractivity contribution is 0.0965. The molecule has 0 unspecified atom stereocenters. The Hall–Kier alpha value is -4.43. The summed E-state index contributed by atoms with van der Waals surface area (Å²) in [6.07, 6.45) is -0.202. The number of hydrogen-bond donors (Lipinski definition) is 3. The van der Waals surface area contributed by atoms with E-state index in [0.29, 0.717) is 22.5 Å². The van der Waals surface area contributed by atoms with Gasteiger partial charge in [-0.25, -0.2) is 18.0 Å². The van der Waals surface area contributed by atoms with Gasteiger partial charge in [0.2, 0.25) is 0 Å². The largest absolute Gasteiger partial charge is 0.450 e. The molecule has 1 aliphatic rings. The van der Waals surface area contributed by atoms with Crippen molar-refractivity contribution in [3.05, 3.63) is 76.2 Å². The summed E-state index contributed by atoms with van der Waals surface area (Å²) in [4.78, 5) is 51.7. The smallest absolute Gasteiger partial charge is 0.410 e. The fraction of sp³-hybridized carbons (Fsp3) is 0.231. The second-order valence-corrected chi connectivity index (χ2v) is 11.8. The number of imide groups is 1. The summed E-state index contributed by atoms with van der Waals surface area (Å²) >= 11 is 1.09. The molecule has 0 spiro atoms. The number of nitrogens with one attached hydrogen (secondary N) is 2. The number of nitrogens with two attached hydrogens (primary N) is 1. The van der Waals surface area contributed by atoms with Gasteiger partial charge in [0, 0.05) is 24.0 Å². The first-order chi connectivity index (χ1) is 19.0. The molecule has 2 aromatic carbocycles. The molecule has 2 heterocycles. The number of ether oxygens (including phenoxy) is 1. The monoisotopic (exact) mass is 585 g/mol. The molecule has 0 bridgehead atoms. The topological polar surface area (TPSA) is 168 Å². The highest BCUT2D eigenvalue weighted by Crippen LogP contribution is 2.37. The van der Waals surface area contributed by atoms with E-state index in [1.165, 1.54) is 36.2 Å². The molecule has 4 rings (SSSR count). The van der Waals surface area contributed by atoms with Crippen LogP contribution in [-0.2, 0) is 27.7 Å². The van der Waals surface area contributed by atoms with Crippen LogP contribution >= 0.6 is 11.3 Å². The van der Waals surface area contributed by atoms with Crippen molar-refractivity contribution in [3.8, 4) is 0 Å². The van der Waals surface area contributed by atoms with E-state index in [9.17, 15) is 27.6 Å². The summed E-state index contributed by atoms with van der Waals surface area (Å²) in [6.45, 7) is 2.35. The number of urea groups is 1. The van der Waals surface area contributed by atoms with E-state index in [2.05, 4.69) is 5.32 Å². The molecular weight excluding hydrogens is 558 g/mol. The van der Waals surface area contributed by atoms with Crippen LogP contribution in [0.4, 0.5) is 20.3 Å². The fourth-order valence-corrected chi connectivity index (χ4v) is 6.62. The number of primary amides is 1. The molecule has 1 aromatic heterocycles. The van der Waals surface area contributed by atoms with E-state index in [4.69, 9.17) is 10.5 Å². The number of benzene rings is 2. The number of carbonyl (C=O) groups is 4. The van der Waals surface area contributed by atoms with Crippen molar-refractivity contribution in [2.75, 3.05) is 29.8 Å². The molecule has 3 aromatic rings. The third-order valence-corrected chi connectivity index (χ3v) is 9.10. The van der Waals surface area contributed by atoms with E-state index in [-0.39, 0.29) is 40.7 Å². The van der Waals surface area contributed by atoms with Crippen LogP contribution in [-0.4, -0.2) is 57.5 Å². The number of amides is 5. The van der Waals surface area contributed by atoms with Gasteiger partial charge in [-0.1, -0.05) is 18.2 Å². The molecule has 0 fully saturated rings. The highest BCUT2D eigenvalue weighted by atomic mass is 32.2. The summed E-state index contributed by atoms with van der Waals surface area (Å²) in [6, 6.07) is 12.9. The highest BCUT2D eigenvalue weighted by Gasteiger charge is 2.31. The maximum absolute atomic E-state index is 13.1. The number of rotatable bonds is 7. The molecule has 40 heavy (non-hydrogen) atoms. The van der Waals surface area contributed by atoms with Gasteiger partial charge in [0.1, 0.15) is 5.00 Å². The van der Waals surface area contributed by atoms with Gasteiger partial charge in [0.05, 0.1) is 29.3 Å². The predicted molar refractivity (Wildman–Crippen MR) is 149 cm³/mol. The lowest BCUT2D eigenvalue weighted by Crippen LogP contribution is -2.38. The van der Waals surface area contributed by atoms with Gasteiger partial charge in [-0.3, -0.25) is 19.2 Å². The maximum Gasteiger partial charge on any atom is 0.410 e. The first-order valence-electron chi connectivity index (χ1n) is 12.1. The van der Waals surface area contributed by atoms with Gasteiger partial charge in [-0.2, -0.15) is 0 Å². The Morgan fingerprint density at radius 2 is 1.73 bits per heavy atom. The number of anilines is 2. The second kappa shape index (κ2) is 11.8. The van der Waals surface area contributed by atoms with Crippen molar-refractivity contribution in [2.24, 2.45) is 5.73 Å². The molecule has 4 N–H and O–H groups in total. The summed E-state index contributed by atoms with van der Waals surface area (Å²) in [5, 5.41) is 4.88. The van der Waals surface area contributed by atoms with Crippen LogP contribution in [0.25, 0.3) is 0 Å². The summed E-state index contributed by atoms with van der Waals surface area (Å²) in [5.74, 6) is -1.38. The fourth-order valence-electron chi connectivity index (χ4n) is 4.17. The van der Waals surface area contributed by atoms with Crippen LogP contribution in [0.1, 0.15) is 38.1 Å². The zero-order valence-corrected chi connectivity index (χ0v) is 23.3. The lowest BCUT2D eigenvalue weighted by Gasteiger charge is -2.26. The SMILES string of the molecule is CCOC(=O)N1CCc2c(sc(NC(=O)c3ccc(S(=O)(=O)N(C)c4ccccc4)cc3)c2C(=O)NC(N)=O)C1. The molecule has 0 aliphatic carbocycles. The number of para-hydroxylation sites is 1. The Balaban J connectivity index is 1.58.